The Kier molecular flexibility index (Phi) is 5.05. The number of carbonyl (C=O) groups is 1. The molecule has 0 atom stereocenters. The summed E-state index contributed by atoms with van der Waals surface area (Å²) in [5.74, 6) is -0.909. The highest BCUT2D eigenvalue weighted by Gasteiger charge is 2.23. The molecule has 0 fully saturated rings. The lowest BCUT2D eigenvalue weighted by Crippen LogP contribution is -2.36. The maximum absolute atomic E-state index is 13.3. The minimum atomic E-state index is -0.577. The number of benzene rings is 3. The van der Waals surface area contributed by atoms with Crippen molar-refractivity contribution in [2.45, 2.75) is 5.92 Å². The summed E-state index contributed by atoms with van der Waals surface area (Å²) in [5, 5.41) is 4.62. The molecule has 0 spiro atoms. The van der Waals surface area contributed by atoms with Gasteiger partial charge in [0.05, 0.1) is 17.8 Å². The summed E-state index contributed by atoms with van der Waals surface area (Å²) in [4.78, 5) is 30.8. The zero-order valence-electron chi connectivity index (χ0n) is 17.0. The SMILES string of the molecule is O=C(Nn1cnc2c(cnn2-c2ccccc2)c1=O)C(c1ccccc1)c1ccccc1. The molecule has 32 heavy (non-hydrogen) atoms. The third-order valence-corrected chi connectivity index (χ3v) is 5.25. The third-order valence-electron chi connectivity index (χ3n) is 5.25. The second kappa shape index (κ2) is 8.31. The molecule has 0 bridgehead atoms. The van der Waals surface area contributed by atoms with Gasteiger partial charge in [-0.25, -0.2) is 14.3 Å². The average Bonchev–Trinajstić information content (AvgIpc) is 3.28. The number of fused-ring (bicyclic) bond motifs is 1. The molecular weight excluding hydrogens is 402 g/mol. The van der Waals surface area contributed by atoms with Crippen LogP contribution in [0.4, 0.5) is 0 Å². The first-order valence-electron chi connectivity index (χ1n) is 10.1. The molecule has 0 aliphatic heterocycles. The van der Waals surface area contributed by atoms with Gasteiger partial charge in [0.25, 0.3) is 11.5 Å². The zero-order chi connectivity index (χ0) is 21.9. The number of rotatable bonds is 5. The van der Waals surface area contributed by atoms with Crippen molar-refractivity contribution >= 4 is 16.9 Å². The van der Waals surface area contributed by atoms with E-state index >= 15 is 0 Å². The van der Waals surface area contributed by atoms with E-state index in [1.165, 1.54) is 12.5 Å². The second-order valence-electron chi connectivity index (χ2n) is 7.28. The van der Waals surface area contributed by atoms with E-state index in [1.807, 2.05) is 91.0 Å². The van der Waals surface area contributed by atoms with Crippen LogP contribution in [0.2, 0.25) is 0 Å². The number of hydrogen-bond acceptors (Lipinski definition) is 4. The molecule has 7 heteroatoms. The van der Waals surface area contributed by atoms with Gasteiger partial charge in [0.15, 0.2) is 5.65 Å². The van der Waals surface area contributed by atoms with Crippen molar-refractivity contribution in [2.24, 2.45) is 0 Å². The van der Waals surface area contributed by atoms with Crippen molar-refractivity contribution in [3.63, 3.8) is 0 Å². The molecule has 5 rings (SSSR count). The van der Waals surface area contributed by atoms with Gasteiger partial charge < -0.3 is 0 Å². The molecular formula is C25H19N5O2. The average molecular weight is 421 g/mol. The number of amides is 1. The van der Waals surface area contributed by atoms with Gasteiger partial charge in [-0.1, -0.05) is 78.9 Å². The summed E-state index contributed by atoms with van der Waals surface area (Å²) in [5.41, 5.74) is 5.20. The smallest absolute Gasteiger partial charge is 0.272 e. The van der Waals surface area contributed by atoms with Crippen molar-refractivity contribution in [1.82, 2.24) is 19.4 Å². The van der Waals surface area contributed by atoms with Crippen LogP contribution >= 0.6 is 0 Å². The van der Waals surface area contributed by atoms with Crippen LogP contribution in [0.3, 0.4) is 0 Å². The van der Waals surface area contributed by atoms with Crippen LogP contribution in [0.15, 0.2) is 108 Å². The summed E-state index contributed by atoms with van der Waals surface area (Å²) in [6.45, 7) is 0. The molecule has 0 unspecified atom stereocenters. The maximum Gasteiger partial charge on any atom is 0.283 e. The molecule has 1 amide bonds. The quantitative estimate of drug-likeness (QED) is 0.471. The van der Waals surface area contributed by atoms with Crippen molar-refractivity contribution in [3.8, 4) is 5.69 Å². The second-order valence-corrected chi connectivity index (χ2v) is 7.28. The minimum Gasteiger partial charge on any atom is -0.272 e. The van der Waals surface area contributed by atoms with Crippen molar-refractivity contribution in [2.75, 3.05) is 5.43 Å². The molecule has 5 aromatic rings. The number of carbonyl (C=O) groups excluding carboxylic acids is 1. The highest BCUT2D eigenvalue weighted by Crippen LogP contribution is 2.25. The summed E-state index contributed by atoms with van der Waals surface area (Å²) in [6.07, 6.45) is 2.78. The van der Waals surface area contributed by atoms with Crippen LogP contribution < -0.4 is 11.0 Å². The van der Waals surface area contributed by atoms with Crippen LogP contribution in [0, 0.1) is 0 Å². The predicted octanol–water partition coefficient (Wildman–Crippen LogP) is 3.48. The monoisotopic (exact) mass is 421 g/mol. The van der Waals surface area contributed by atoms with Crippen LogP contribution in [-0.2, 0) is 4.79 Å². The summed E-state index contributed by atoms with van der Waals surface area (Å²) in [6, 6.07) is 28.4. The minimum absolute atomic E-state index is 0.313. The summed E-state index contributed by atoms with van der Waals surface area (Å²) >= 11 is 0. The predicted molar refractivity (Wildman–Crippen MR) is 122 cm³/mol. The van der Waals surface area contributed by atoms with E-state index in [-0.39, 0.29) is 5.91 Å². The molecule has 2 heterocycles. The van der Waals surface area contributed by atoms with Crippen LogP contribution in [0.1, 0.15) is 17.0 Å². The maximum atomic E-state index is 13.3. The molecule has 0 saturated heterocycles. The standard InChI is InChI=1S/C25H19N5O2/c31-24(22(18-10-4-1-5-11-18)19-12-6-2-7-13-19)28-29-17-26-23-21(25(29)32)16-27-30(23)20-14-8-3-9-15-20/h1-17,22H,(H,28,31). The van der Waals surface area contributed by atoms with Crippen molar-refractivity contribution < 1.29 is 4.79 Å². The molecule has 0 radical (unpaired) electrons. The van der Waals surface area contributed by atoms with E-state index in [1.54, 1.807) is 4.68 Å². The first-order valence-corrected chi connectivity index (χ1v) is 10.1. The fraction of sp³-hybridized carbons (Fsp3) is 0.0400. The Morgan fingerprint density at radius 3 is 1.97 bits per heavy atom. The van der Waals surface area contributed by atoms with Crippen molar-refractivity contribution in [1.29, 1.82) is 0 Å². The number of aromatic nitrogens is 4. The van der Waals surface area contributed by atoms with Gasteiger partial charge in [-0.15, -0.1) is 0 Å². The summed E-state index contributed by atoms with van der Waals surface area (Å²) in [7, 11) is 0. The topological polar surface area (TPSA) is 81.8 Å². The summed E-state index contributed by atoms with van der Waals surface area (Å²) < 4.78 is 2.71. The molecule has 7 nitrogen and oxygen atoms in total. The Labute approximate surface area is 183 Å². The molecule has 0 saturated carbocycles. The fourth-order valence-corrected chi connectivity index (χ4v) is 3.72. The lowest BCUT2D eigenvalue weighted by atomic mass is 9.91. The molecule has 3 aromatic carbocycles. The van der Waals surface area contributed by atoms with Gasteiger partial charge in [-0.05, 0) is 23.3 Å². The van der Waals surface area contributed by atoms with E-state index in [2.05, 4.69) is 15.5 Å². The molecule has 2 aromatic heterocycles. The number of nitrogens with one attached hydrogen (secondary N) is 1. The lowest BCUT2D eigenvalue weighted by Gasteiger charge is -2.18. The normalized spacial score (nSPS) is 11.0. The third kappa shape index (κ3) is 3.56. The van der Waals surface area contributed by atoms with E-state index in [0.29, 0.717) is 11.0 Å². The van der Waals surface area contributed by atoms with Crippen molar-refractivity contribution in [3.05, 3.63) is 125 Å². The number of para-hydroxylation sites is 1. The Hall–Kier alpha value is -4.52. The molecule has 1 N–H and O–H groups in total. The van der Waals surface area contributed by atoms with Gasteiger partial charge in [0.2, 0.25) is 0 Å². The molecule has 156 valence electrons. The van der Waals surface area contributed by atoms with Gasteiger partial charge in [-0.2, -0.15) is 5.10 Å². The van der Waals surface area contributed by atoms with Crippen LogP contribution in [-0.4, -0.2) is 25.3 Å². The van der Waals surface area contributed by atoms with E-state index in [9.17, 15) is 9.59 Å². The number of hydrogen-bond donors (Lipinski definition) is 1. The first kappa shape index (κ1) is 19.4. The van der Waals surface area contributed by atoms with Crippen LogP contribution in [0.5, 0.6) is 0 Å². The van der Waals surface area contributed by atoms with E-state index < -0.39 is 11.5 Å². The Morgan fingerprint density at radius 1 is 0.812 bits per heavy atom. The Bertz CT molecular complexity index is 1390. The Balaban J connectivity index is 1.51. The lowest BCUT2D eigenvalue weighted by molar-refractivity contribution is -0.117. The zero-order valence-corrected chi connectivity index (χ0v) is 17.0. The number of nitrogens with zero attached hydrogens (tertiary/aromatic N) is 4. The van der Waals surface area contributed by atoms with Crippen LogP contribution in [0.25, 0.3) is 16.7 Å². The van der Waals surface area contributed by atoms with Gasteiger partial charge in [0, 0.05) is 0 Å². The van der Waals surface area contributed by atoms with Gasteiger partial charge >= 0.3 is 0 Å². The van der Waals surface area contributed by atoms with E-state index in [4.69, 9.17) is 0 Å². The van der Waals surface area contributed by atoms with Gasteiger partial charge in [0.1, 0.15) is 11.7 Å². The van der Waals surface area contributed by atoms with Gasteiger partial charge in [-0.3, -0.25) is 15.0 Å². The van der Waals surface area contributed by atoms with E-state index in [0.717, 1.165) is 21.5 Å². The molecule has 0 aliphatic rings. The molecule has 0 aliphatic carbocycles. The first-order chi connectivity index (χ1) is 15.7. The largest absolute Gasteiger partial charge is 0.283 e. The fourth-order valence-electron chi connectivity index (χ4n) is 3.72. The Morgan fingerprint density at radius 2 is 1.38 bits per heavy atom. The highest BCUT2D eigenvalue weighted by atomic mass is 16.2. The highest BCUT2D eigenvalue weighted by molar-refractivity contribution is 5.93.